The molecular formula is C25H26N2O2S. The molecule has 4 nitrogen and oxygen atoms in total. The lowest BCUT2D eigenvalue weighted by molar-refractivity contribution is -0.115. The van der Waals surface area contributed by atoms with Crippen molar-refractivity contribution in [2.45, 2.75) is 37.3 Å². The Kier molecular flexibility index (Phi) is 7.31. The highest BCUT2D eigenvalue weighted by Crippen LogP contribution is 2.29. The van der Waals surface area contributed by atoms with E-state index in [9.17, 15) is 9.59 Å². The number of anilines is 2. The molecule has 0 spiro atoms. The van der Waals surface area contributed by atoms with Crippen molar-refractivity contribution < 1.29 is 9.59 Å². The maximum atomic E-state index is 12.7. The van der Waals surface area contributed by atoms with Gasteiger partial charge in [0.1, 0.15) is 0 Å². The Balaban J connectivity index is 1.66. The van der Waals surface area contributed by atoms with Crippen molar-refractivity contribution in [1.29, 1.82) is 0 Å². The summed E-state index contributed by atoms with van der Waals surface area (Å²) in [5.74, 6) is -0.177. The van der Waals surface area contributed by atoms with Crippen LogP contribution in [0.5, 0.6) is 0 Å². The van der Waals surface area contributed by atoms with Crippen LogP contribution in [0.25, 0.3) is 0 Å². The van der Waals surface area contributed by atoms with Gasteiger partial charge < -0.3 is 10.6 Å². The standard InChI is InChI=1S/C25H26N2O2S/c1-4-23(25(29)27-20-8-5-7-18(3)15-20)30-22-10-6-9-21(16-22)26-24(28)19-13-11-17(2)12-14-19/h5-16,23H,4H2,1-3H3,(H,26,28)(H,27,29). The molecule has 0 bridgehead atoms. The van der Waals surface area contributed by atoms with Gasteiger partial charge in [0.05, 0.1) is 5.25 Å². The highest BCUT2D eigenvalue weighted by Gasteiger charge is 2.18. The van der Waals surface area contributed by atoms with Crippen molar-refractivity contribution in [1.82, 2.24) is 0 Å². The van der Waals surface area contributed by atoms with Crippen LogP contribution in [0, 0.1) is 13.8 Å². The van der Waals surface area contributed by atoms with Gasteiger partial charge >= 0.3 is 0 Å². The Labute approximate surface area is 182 Å². The second-order valence-electron chi connectivity index (χ2n) is 7.22. The van der Waals surface area contributed by atoms with E-state index in [0.717, 1.165) is 21.7 Å². The molecule has 3 rings (SSSR count). The molecule has 1 unspecified atom stereocenters. The van der Waals surface area contributed by atoms with Crippen molar-refractivity contribution >= 4 is 35.0 Å². The van der Waals surface area contributed by atoms with Gasteiger partial charge in [0.25, 0.3) is 5.91 Å². The third-order valence-corrected chi connectivity index (χ3v) is 5.99. The van der Waals surface area contributed by atoms with Crippen LogP contribution in [-0.2, 0) is 4.79 Å². The van der Waals surface area contributed by atoms with Crippen LogP contribution in [0.1, 0.15) is 34.8 Å². The lowest BCUT2D eigenvalue weighted by atomic mass is 10.1. The van der Waals surface area contributed by atoms with E-state index in [-0.39, 0.29) is 17.1 Å². The van der Waals surface area contributed by atoms with Gasteiger partial charge in [-0.25, -0.2) is 0 Å². The first-order chi connectivity index (χ1) is 14.4. The summed E-state index contributed by atoms with van der Waals surface area (Å²) in [6.07, 6.45) is 0.697. The molecule has 0 aliphatic carbocycles. The summed E-state index contributed by atoms with van der Waals surface area (Å²) in [7, 11) is 0. The highest BCUT2D eigenvalue weighted by atomic mass is 32.2. The smallest absolute Gasteiger partial charge is 0.255 e. The van der Waals surface area contributed by atoms with Crippen LogP contribution in [0.15, 0.2) is 77.7 Å². The average molecular weight is 419 g/mol. The number of aryl methyl sites for hydroxylation is 2. The van der Waals surface area contributed by atoms with Gasteiger partial charge in [-0.2, -0.15) is 0 Å². The molecule has 1 atom stereocenters. The number of carbonyl (C=O) groups excluding carboxylic acids is 2. The summed E-state index contributed by atoms with van der Waals surface area (Å²) in [5.41, 5.74) is 4.34. The first-order valence-corrected chi connectivity index (χ1v) is 10.8. The monoisotopic (exact) mass is 418 g/mol. The van der Waals surface area contributed by atoms with Crippen molar-refractivity contribution in [2.24, 2.45) is 0 Å². The third kappa shape index (κ3) is 5.97. The van der Waals surface area contributed by atoms with E-state index in [0.29, 0.717) is 17.7 Å². The second kappa shape index (κ2) is 10.1. The minimum atomic E-state index is -0.228. The van der Waals surface area contributed by atoms with Crippen LogP contribution in [-0.4, -0.2) is 17.1 Å². The number of amides is 2. The van der Waals surface area contributed by atoms with Crippen molar-refractivity contribution in [3.05, 3.63) is 89.5 Å². The quantitative estimate of drug-likeness (QED) is 0.458. The molecule has 0 radical (unpaired) electrons. The average Bonchev–Trinajstić information content (AvgIpc) is 2.72. The fraction of sp³-hybridized carbons (Fsp3) is 0.200. The molecule has 0 aliphatic rings. The topological polar surface area (TPSA) is 58.2 Å². The number of benzene rings is 3. The van der Waals surface area contributed by atoms with Crippen LogP contribution < -0.4 is 10.6 Å². The van der Waals surface area contributed by atoms with Gasteiger partial charge in [-0.3, -0.25) is 9.59 Å². The van der Waals surface area contributed by atoms with Gasteiger partial charge in [0.15, 0.2) is 0 Å². The van der Waals surface area contributed by atoms with Crippen molar-refractivity contribution in [3.63, 3.8) is 0 Å². The molecule has 30 heavy (non-hydrogen) atoms. The Morgan fingerprint density at radius 2 is 1.50 bits per heavy atom. The zero-order valence-electron chi connectivity index (χ0n) is 17.4. The predicted molar refractivity (Wildman–Crippen MR) is 125 cm³/mol. The number of hydrogen-bond donors (Lipinski definition) is 2. The minimum absolute atomic E-state index is 0.0257. The first kappa shape index (κ1) is 21.7. The molecule has 0 fully saturated rings. The molecule has 2 amide bonds. The summed E-state index contributed by atoms with van der Waals surface area (Å²) in [6, 6.07) is 22.8. The molecule has 5 heteroatoms. The van der Waals surface area contributed by atoms with Gasteiger partial charge in [-0.1, -0.05) is 42.8 Å². The molecule has 3 aromatic carbocycles. The van der Waals surface area contributed by atoms with E-state index in [1.54, 1.807) is 0 Å². The molecule has 0 heterocycles. The summed E-state index contributed by atoms with van der Waals surface area (Å²) < 4.78 is 0. The van der Waals surface area contributed by atoms with Crippen LogP contribution >= 0.6 is 11.8 Å². The van der Waals surface area contributed by atoms with Crippen LogP contribution in [0.3, 0.4) is 0 Å². The fourth-order valence-corrected chi connectivity index (χ4v) is 4.00. The normalized spacial score (nSPS) is 11.6. The minimum Gasteiger partial charge on any atom is -0.325 e. The van der Waals surface area contributed by atoms with Gasteiger partial charge in [0.2, 0.25) is 5.91 Å². The number of hydrogen-bond acceptors (Lipinski definition) is 3. The fourth-order valence-electron chi connectivity index (χ4n) is 2.99. The zero-order chi connectivity index (χ0) is 21.5. The van der Waals surface area contributed by atoms with E-state index in [2.05, 4.69) is 10.6 Å². The largest absolute Gasteiger partial charge is 0.325 e. The Hall–Kier alpha value is -3.05. The molecule has 0 aromatic heterocycles. The maximum absolute atomic E-state index is 12.7. The Bertz CT molecular complexity index is 1030. The molecule has 0 aliphatic heterocycles. The van der Waals surface area contributed by atoms with Crippen molar-refractivity contribution in [3.8, 4) is 0 Å². The Morgan fingerprint density at radius 1 is 0.833 bits per heavy atom. The molecule has 3 aromatic rings. The summed E-state index contributed by atoms with van der Waals surface area (Å²) in [4.78, 5) is 26.1. The van der Waals surface area contributed by atoms with E-state index in [4.69, 9.17) is 0 Å². The number of nitrogens with one attached hydrogen (secondary N) is 2. The van der Waals surface area contributed by atoms with E-state index in [1.165, 1.54) is 11.8 Å². The molecule has 0 saturated heterocycles. The van der Waals surface area contributed by atoms with Crippen molar-refractivity contribution in [2.75, 3.05) is 10.6 Å². The molecule has 154 valence electrons. The molecular weight excluding hydrogens is 392 g/mol. The SMILES string of the molecule is CCC(Sc1cccc(NC(=O)c2ccc(C)cc2)c1)C(=O)Nc1cccc(C)c1. The first-order valence-electron chi connectivity index (χ1n) is 9.97. The summed E-state index contributed by atoms with van der Waals surface area (Å²) in [5, 5.41) is 5.70. The summed E-state index contributed by atoms with van der Waals surface area (Å²) >= 11 is 1.50. The van der Waals surface area contributed by atoms with E-state index in [1.807, 2.05) is 93.6 Å². The zero-order valence-corrected chi connectivity index (χ0v) is 18.3. The van der Waals surface area contributed by atoms with Crippen LogP contribution in [0.4, 0.5) is 11.4 Å². The van der Waals surface area contributed by atoms with E-state index < -0.39 is 0 Å². The van der Waals surface area contributed by atoms with E-state index >= 15 is 0 Å². The molecule has 0 saturated carbocycles. The van der Waals surface area contributed by atoms with Gasteiger partial charge in [0, 0.05) is 21.8 Å². The number of thioether (sulfide) groups is 1. The second-order valence-corrected chi connectivity index (χ2v) is 8.50. The van der Waals surface area contributed by atoms with Gasteiger partial charge in [-0.05, 0) is 68.3 Å². The highest BCUT2D eigenvalue weighted by molar-refractivity contribution is 8.00. The number of carbonyl (C=O) groups is 2. The lowest BCUT2D eigenvalue weighted by Gasteiger charge is -2.16. The maximum Gasteiger partial charge on any atom is 0.255 e. The van der Waals surface area contributed by atoms with Crippen LogP contribution in [0.2, 0.25) is 0 Å². The molecule has 2 N–H and O–H groups in total. The van der Waals surface area contributed by atoms with Gasteiger partial charge in [-0.15, -0.1) is 11.8 Å². The number of rotatable bonds is 7. The lowest BCUT2D eigenvalue weighted by Crippen LogP contribution is -2.24. The summed E-state index contributed by atoms with van der Waals surface area (Å²) in [6.45, 7) is 5.98. The Morgan fingerprint density at radius 3 is 2.17 bits per heavy atom. The predicted octanol–water partition coefficient (Wildman–Crippen LogP) is 6.07. The third-order valence-electron chi connectivity index (χ3n) is 4.63.